The summed E-state index contributed by atoms with van der Waals surface area (Å²) in [6, 6.07) is 25.0. The molecule has 3 aromatic carbocycles. The molecule has 1 aliphatic rings. The number of carbonyl (C=O) groups is 2. The van der Waals surface area contributed by atoms with Crippen LogP contribution in [-0.2, 0) is 22.6 Å². The van der Waals surface area contributed by atoms with Gasteiger partial charge in [-0.25, -0.2) is 4.79 Å². The zero-order chi connectivity index (χ0) is 25.3. The smallest absolute Gasteiger partial charge is 0.337 e. The minimum atomic E-state index is -0.370. The standard InChI is InChI=1S/C30H33NO5/c1-34-27-10-6-7-11-28(27)36-26-18-16-24(17-19-26)29(32)31(20-22-8-4-3-5-9-22)21-23-12-14-25(15-13-23)30(33)35-2/h3-15,24,26H,16-21H2,1-2H3/t24-,26-. The molecule has 0 radical (unpaired) electrons. The third kappa shape index (κ3) is 6.45. The number of amides is 1. The van der Waals surface area contributed by atoms with Crippen molar-refractivity contribution in [2.45, 2.75) is 44.9 Å². The van der Waals surface area contributed by atoms with E-state index < -0.39 is 0 Å². The summed E-state index contributed by atoms with van der Waals surface area (Å²) < 4.78 is 16.4. The number of hydrogen-bond donors (Lipinski definition) is 0. The molecule has 1 fully saturated rings. The lowest BCUT2D eigenvalue weighted by Crippen LogP contribution is -2.38. The summed E-state index contributed by atoms with van der Waals surface area (Å²) >= 11 is 0. The molecule has 0 heterocycles. The van der Waals surface area contributed by atoms with Gasteiger partial charge in [0, 0.05) is 19.0 Å². The van der Waals surface area contributed by atoms with Gasteiger partial charge in [-0.1, -0.05) is 54.6 Å². The average molecular weight is 488 g/mol. The number of esters is 1. The van der Waals surface area contributed by atoms with Gasteiger partial charge in [-0.05, 0) is 61.1 Å². The summed E-state index contributed by atoms with van der Waals surface area (Å²) in [5.41, 5.74) is 2.56. The molecule has 4 rings (SSSR count). The maximum absolute atomic E-state index is 13.7. The van der Waals surface area contributed by atoms with E-state index in [0.717, 1.165) is 48.3 Å². The molecule has 0 aromatic heterocycles. The van der Waals surface area contributed by atoms with Crippen molar-refractivity contribution >= 4 is 11.9 Å². The molecular formula is C30H33NO5. The highest BCUT2D eigenvalue weighted by molar-refractivity contribution is 5.89. The van der Waals surface area contributed by atoms with E-state index in [2.05, 4.69) is 0 Å². The van der Waals surface area contributed by atoms with Crippen molar-refractivity contribution in [2.24, 2.45) is 5.92 Å². The molecular weight excluding hydrogens is 454 g/mol. The van der Waals surface area contributed by atoms with E-state index in [1.165, 1.54) is 7.11 Å². The normalized spacial score (nSPS) is 17.2. The molecule has 1 amide bonds. The van der Waals surface area contributed by atoms with Crippen molar-refractivity contribution < 1.29 is 23.8 Å². The predicted octanol–water partition coefficient (Wildman–Crippen LogP) is 5.65. The first-order valence-electron chi connectivity index (χ1n) is 12.4. The Labute approximate surface area is 212 Å². The molecule has 0 saturated heterocycles. The summed E-state index contributed by atoms with van der Waals surface area (Å²) in [6.45, 7) is 1.02. The summed E-state index contributed by atoms with van der Waals surface area (Å²) in [5.74, 6) is 1.22. The topological polar surface area (TPSA) is 65.1 Å². The number of methoxy groups -OCH3 is 2. The number of carbonyl (C=O) groups excluding carboxylic acids is 2. The van der Waals surface area contributed by atoms with Crippen LogP contribution in [0.4, 0.5) is 0 Å². The molecule has 0 spiro atoms. The first kappa shape index (κ1) is 25.3. The van der Waals surface area contributed by atoms with Gasteiger partial charge in [0.05, 0.1) is 25.9 Å². The van der Waals surface area contributed by atoms with Crippen LogP contribution in [0.25, 0.3) is 0 Å². The van der Waals surface area contributed by atoms with Gasteiger partial charge in [0.2, 0.25) is 5.91 Å². The molecule has 0 aliphatic heterocycles. The third-order valence-corrected chi connectivity index (χ3v) is 6.66. The number of para-hydroxylation sites is 2. The summed E-state index contributed by atoms with van der Waals surface area (Å²) in [7, 11) is 3.01. The highest BCUT2D eigenvalue weighted by Gasteiger charge is 2.31. The number of benzene rings is 3. The molecule has 0 unspecified atom stereocenters. The third-order valence-electron chi connectivity index (χ3n) is 6.66. The highest BCUT2D eigenvalue weighted by Crippen LogP contribution is 2.33. The van der Waals surface area contributed by atoms with Crippen molar-refractivity contribution in [1.29, 1.82) is 0 Å². The maximum Gasteiger partial charge on any atom is 0.337 e. The van der Waals surface area contributed by atoms with Gasteiger partial charge in [-0.15, -0.1) is 0 Å². The van der Waals surface area contributed by atoms with Crippen LogP contribution in [0.1, 0.15) is 47.2 Å². The predicted molar refractivity (Wildman–Crippen MR) is 138 cm³/mol. The van der Waals surface area contributed by atoms with Crippen LogP contribution in [0.2, 0.25) is 0 Å². The van der Waals surface area contributed by atoms with Gasteiger partial charge in [0.15, 0.2) is 11.5 Å². The minimum Gasteiger partial charge on any atom is -0.493 e. The largest absolute Gasteiger partial charge is 0.493 e. The molecule has 1 saturated carbocycles. The van der Waals surface area contributed by atoms with Gasteiger partial charge in [0.1, 0.15) is 0 Å². The van der Waals surface area contributed by atoms with Crippen molar-refractivity contribution in [1.82, 2.24) is 4.90 Å². The van der Waals surface area contributed by atoms with Gasteiger partial charge in [-0.3, -0.25) is 4.79 Å². The van der Waals surface area contributed by atoms with Crippen molar-refractivity contribution in [3.05, 3.63) is 95.6 Å². The van der Waals surface area contributed by atoms with Gasteiger partial charge < -0.3 is 19.1 Å². The fraction of sp³-hybridized carbons (Fsp3) is 0.333. The lowest BCUT2D eigenvalue weighted by Gasteiger charge is -2.33. The maximum atomic E-state index is 13.7. The van der Waals surface area contributed by atoms with Gasteiger partial charge >= 0.3 is 5.97 Å². The molecule has 188 valence electrons. The summed E-state index contributed by atoms with van der Waals surface area (Å²) in [4.78, 5) is 27.4. The fourth-order valence-electron chi connectivity index (χ4n) is 4.68. The molecule has 0 bridgehead atoms. The van der Waals surface area contributed by atoms with E-state index in [1.54, 1.807) is 19.2 Å². The van der Waals surface area contributed by atoms with E-state index in [0.29, 0.717) is 18.7 Å². The lowest BCUT2D eigenvalue weighted by molar-refractivity contribution is -0.138. The monoisotopic (exact) mass is 487 g/mol. The van der Waals surface area contributed by atoms with Crippen LogP contribution < -0.4 is 9.47 Å². The Morgan fingerprint density at radius 3 is 1.94 bits per heavy atom. The van der Waals surface area contributed by atoms with Crippen LogP contribution in [0.3, 0.4) is 0 Å². The molecule has 6 nitrogen and oxygen atoms in total. The number of nitrogens with zero attached hydrogens (tertiary/aromatic N) is 1. The number of rotatable bonds is 9. The number of hydrogen-bond acceptors (Lipinski definition) is 5. The van der Waals surface area contributed by atoms with Crippen LogP contribution in [0, 0.1) is 5.92 Å². The first-order chi connectivity index (χ1) is 17.6. The second-order valence-corrected chi connectivity index (χ2v) is 9.11. The Hall–Kier alpha value is -3.80. The van der Waals surface area contributed by atoms with E-state index >= 15 is 0 Å². The second kappa shape index (κ2) is 12.2. The van der Waals surface area contributed by atoms with Crippen molar-refractivity contribution in [2.75, 3.05) is 14.2 Å². The van der Waals surface area contributed by atoms with Crippen molar-refractivity contribution in [3.8, 4) is 11.5 Å². The van der Waals surface area contributed by atoms with Gasteiger partial charge in [0.25, 0.3) is 0 Å². The summed E-state index contributed by atoms with van der Waals surface area (Å²) in [5, 5.41) is 0. The minimum absolute atomic E-state index is 0.0411. The Bertz CT molecular complexity index is 1140. The second-order valence-electron chi connectivity index (χ2n) is 9.11. The van der Waals surface area contributed by atoms with E-state index in [4.69, 9.17) is 14.2 Å². The Morgan fingerprint density at radius 1 is 0.750 bits per heavy atom. The molecule has 36 heavy (non-hydrogen) atoms. The Kier molecular flexibility index (Phi) is 8.61. The summed E-state index contributed by atoms with van der Waals surface area (Å²) in [6.07, 6.45) is 3.28. The zero-order valence-corrected chi connectivity index (χ0v) is 20.9. The van der Waals surface area contributed by atoms with Crippen molar-refractivity contribution in [3.63, 3.8) is 0 Å². The van der Waals surface area contributed by atoms with Crippen LogP contribution >= 0.6 is 0 Å². The quantitative estimate of drug-likeness (QED) is 0.365. The molecule has 0 N–H and O–H groups in total. The highest BCUT2D eigenvalue weighted by atomic mass is 16.5. The Morgan fingerprint density at radius 2 is 1.33 bits per heavy atom. The van der Waals surface area contributed by atoms with Crippen LogP contribution in [0.15, 0.2) is 78.9 Å². The molecule has 0 atom stereocenters. The average Bonchev–Trinajstić information content (AvgIpc) is 2.93. The van der Waals surface area contributed by atoms with E-state index in [1.807, 2.05) is 71.6 Å². The fourth-order valence-corrected chi connectivity index (χ4v) is 4.68. The zero-order valence-electron chi connectivity index (χ0n) is 20.9. The van der Waals surface area contributed by atoms with Gasteiger partial charge in [-0.2, -0.15) is 0 Å². The molecule has 1 aliphatic carbocycles. The SMILES string of the molecule is COC(=O)c1ccc(CN(Cc2ccccc2)C(=O)[C@H]2CC[C@H](Oc3ccccc3OC)CC2)cc1. The molecule has 6 heteroatoms. The van der Waals surface area contributed by atoms with Crippen LogP contribution in [-0.4, -0.2) is 37.1 Å². The van der Waals surface area contributed by atoms with Crippen LogP contribution in [0.5, 0.6) is 11.5 Å². The molecule has 3 aromatic rings. The number of ether oxygens (including phenoxy) is 3. The Balaban J connectivity index is 1.42. The lowest BCUT2D eigenvalue weighted by atomic mass is 9.86. The van der Waals surface area contributed by atoms with E-state index in [-0.39, 0.29) is 23.9 Å². The first-order valence-corrected chi connectivity index (χ1v) is 12.4. The van der Waals surface area contributed by atoms with E-state index in [9.17, 15) is 9.59 Å².